The average Bonchev–Trinajstić information content (AvgIpc) is 2.35. The molecule has 3 N–H and O–H groups in total. The van der Waals surface area contributed by atoms with Gasteiger partial charge in [-0.15, -0.1) is 0 Å². The average molecular weight is 282 g/mol. The van der Waals surface area contributed by atoms with Gasteiger partial charge in [0.2, 0.25) is 5.91 Å². The van der Waals surface area contributed by atoms with Gasteiger partial charge in [0.1, 0.15) is 0 Å². The lowest BCUT2D eigenvalue weighted by molar-refractivity contribution is -0.124. The van der Waals surface area contributed by atoms with E-state index >= 15 is 0 Å². The third kappa shape index (κ3) is 4.45. The summed E-state index contributed by atoms with van der Waals surface area (Å²) in [4.78, 5) is 12.0. The first kappa shape index (κ1) is 15.8. The third-order valence-corrected chi connectivity index (χ3v) is 4.63. The Balaban J connectivity index is 1.73. The van der Waals surface area contributed by atoms with E-state index in [1.54, 1.807) is 0 Å². The molecule has 2 aliphatic rings. The summed E-state index contributed by atoms with van der Waals surface area (Å²) in [6.45, 7) is 5.50. The molecule has 2 atom stereocenters. The van der Waals surface area contributed by atoms with Crippen LogP contribution >= 0.6 is 0 Å². The van der Waals surface area contributed by atoms with Gasteiger partial charge in [0, 0.05) is 25.1 Å². The normalized spacial score (nSPS) is 33.2. The van der Waals surface area contributed by atoms with Crippen molar-refractivity contribution in [3.8, 4) is 0 Å². The molecule has 2 fully saturated rings. The van der Waals surface area contributed by atoms with E-state index in [9.17, 15) is 4.79 Å². The Morgan fingerprint density at radius 1 is 1.30 bits per heavy atom. The molecule has 0 heterocycles. The molecule has 116 valence electrons. The minimum Gasteiger partial charge on any atom is -0.381 e. The molecule has 0 aromatic carbocycles. The predicted molar refractivity (Wildman–Crippen MR) is 80.2 cm³/mol. The number of ether oxygens (including phenoxy) is 1. The van der Waals surface area contributed by atoms with Crippen LogP contribution in [0, 0.1) is 17.8 Å². The molecule has 0 radical (unpaired) electrons. The van der Waals surface area contributed by atoms with Crippen LogP contribution in [-0.2, 0) is 9.53 Å². The molecule has 0 spiro atoms. The Hall–Kier alpha value is -0.610. The second kappa shape index (κ2) is 7.41. The van der Waals surface area contributed by atoms with Crippen molar-refractivity contribution in [3.05, 3.63) is 0 Å². The second-order valence-corrected chi connectivity index (χ2v) is 6.99. The topological polar surface area (TPSA) is 64.3 Å². The molecular formula is C16H30N2O2. The van der Waals surface area contributed by atoms with Gasteiger partial charge in [-0.25, -0.2) is 0 Å². The largest absolute Gasteiger partial charge is 0.381 e. The number of carbonyl (C=O) groups is 1. The molecule has 2 saturated carbocycles. The fraction of sp³-hybridized carbons (Fsp3) is 0.938. The minimum absolute atomic E-state index is 0.145. The molecule has 0 aliphatic heterocycles. The summed E-state index contributed by atoms with van der Waals surface area (Å²) in [5, 5.41) is 3.26. The zero-order valence-electron chi connectivity index (χ0n) is 12.9. The van der Waals surface area contributed by atoms with E-state index in [-0.39, 0.29) is 5.91 Å². The van der Waals surface area contributed by atoms with Gasteiger partial charge >= 0.3 is 0 Å². The highest BCUT2D eigenvalue weighted by Gasteiger charge is 2.39. The fourth-order valence-corrected chi connectivity index (χ4v) is 3.77. The van der Waals surface area contributed by atoms with Crippen molar-refractivity contribution >= 4 is 5.91 Å². The van der Waals surface area contributed by atoms with Crippen molar-refractivity contribution in [1.82, 2.24) is 5.32 Å². The fourth-order valence-electron chi connectivity index (χ4n) is 3.77. The molecular weight excluding hydrogens is 252 g/mol. The minimum atomic E-state index is 0.145. The van der Waals surface area contributed by atoms with Crippen LogP contribution in [-0.4, -0.2) is 31.2 Å². The van der Waals surface area contributed by atoms with Crippen LogP contribution in [0.5, 0.6) is 0 Å². The Bertz CT molecular complexity index is 306. The maximum atomic E-state index is 12.0. The molecule has 4 heteroatoms. The van der Waals surface area contributed by atoms with E-state index < -0.39 is 0 Å². The Morgan fingerprint density at radius 2 is 1.95 bits per heavy atom. The molecule has 4 nitrogen and oxygen atoms in total. The molecule has 2 rings (SSSR count). The summed E-state index contributed by atoms with van der Waals surface area (Å²) in [5.41, 5.74) is 6.11. The lowest BCUT2D eigenvalue weighted by Crippen LogP contribution is -2.53. The van der Waals surface area contributed by atoms with Gasteiger partial charge in [-0.1, -0.05) is 20.3 Å². The van der Waals surface area contributed by atoms with E-state index in [0.29, 0.717) is 42.9 Å². The maximum absolute atomic E-state index is 12.0. The monoisotopic (exact) mass is 282 g/mol. The number of amides is 1. The van der Waals surface area contributed by atoms with E-state index in [1.807, 2.05) is 0 Å². The van der Waals surface area contributed by atoms with Gasteiger partial charge in [0.25, 0.3) is 0 Å². The summed E-state index contributed by atoms with van der Waals surface area (Å²) < 4.78 is 5.49. The van der Waals surface area contributed by atoms with Gasteiger partial charge in [0.05, 0.1) is 6.61 Å². The Kier molecular flexibility index (Phi) is 5.85. The lowest BCUT2D eigenvalue weighted by atomic mass is 9.67. The van der Waals surface area contributed by atoms with Crippen molar-refractivity contribution in [2.45, 2.75) is 64.5 Å². The SMILES string of the molecule is CC(C)COCCC(=O)NC1C2CCCC1CC(N)C2. The second-order valence-electron chi connectivity index (χ2n) is 6.99. The summed E-state index contributed by atoms with van der Waals surface area (Å²) >= 11 is 0. The molecule has 0 saturated heterocycles. The van der Waals surface area contributed by atoms with E-state index in [4.69, 9.17) is 10.5 Å². The zero-order valence-corrected chi connectivity index (χ0v) is 12.9. The highest BCUT2D eigenvalue weighted by atomic mass is 16.5. The van der Waals surface area contributed by atoms with Crippen LogP contribution in [0.4, 0.5) is 0 Å². The van der Waals surface area contributed by atoms with Crippen LogP contribution in [0.25, 0.3) is 0 Å². The van der Waals surface area contributed by atoms with Crippen molar-refractivity contribution < 1.29 is 9.53 Å². The Labute approximate surface area is 122 Å². The Morgan fingerprint density at radius 3 is 2.55 bits per heavy atom. The van der Waals surface area contributed by atoms with Crippen LogP contribution in [0.15, 0.2) is 0 Å². The van der Waals surface area contributed by atoms with Gasteiger partial charge in [-0.2, -0.15) is 0 Å². The number of fused-ring (bicyclic) bond motifs is 2. The quantitative estimate of drug-likeness (QED) is 0.733. The number of nitrogens with two attached hydrogens (primary N) is 1. The van der Waals surface area contributed by atoms with Gasteiger partial charge in [-0.05, 0) is 43.4 Å². The van der Waals surface area contributed by atoms with Crippen LogP contribution in [0.2, 0.25) is 0 Å². The first-order valence-electron chi connectivity index (χ1n) is 8.19. The molecule has 2 unspecified atom stereocenters. The molecule has 2 bridgehead atoms. The molecule has 1 amide bonds. The van der Waals surface area contributed by atoms with Crippen LogP contribution < -0.4 is 11.1 Å². The van der Waals surface area contributed by atoms with Crippen molar-refractivity contribution in [2.24, 2.45) is 23.5 Å². The van der Waals surface area contributed by atoms with E-state index in [1.165, 1.54) is 19.3 Å². The first-order valence-corrected chi connectivity index (χ1v) is 8.19. The third-order valence-electron chi connectivity index (χ3n) is 4.63. The predicted octanol–water partition coefficient (Wildman–Crippen LogP) is 2.07. The number of hydrogen-bond acceptors (Lipinski definition) is 3. The summed E-state index contributed by atoms with van der Waals surface area (Å²) in [6.07, 6.45) is 6.37. The number of carbonyl (C=O) groups excluding carboxylic acids is 1. The van der Waals surface area contributed by atoms with Gasteiger partial charge in [-0.3, -0.25) is 4.79 Å². The van der Waals surface area contributed by atoms with Gasteiger partial charge in [0.15, 0.2) is 0 Å². The highest BCUT2D eigenvalue weighted by Crippen LogP contribution is 2.39. The zero-order chi connectivity index (χ0) is 14.5. The van der Waals surface area contributed by atoms with Crippen molar-refractivity contribution in [2.75, 3.05) is 13.2 Å². The molecule has 0 aromatic heterocycles. The standard InChI is InChI=1S/C16H30N2O2/c1-11(2)10-20-7-6-15(19)18-16-12-4-3-5-13(16)9-14(17)8-12/h11-14,16H,3-10,17H2,1-2H3,(H,18,19). The smallest absolute Gasteiger partial charge is 0.222 e. The lowest BCUT2D eigenvalue weighted by Gasteiger charge is -2.45. The number of rotatable bonds is 6. The number of nitrogens with one attached hydrogen (secondary N) is 1. The highest BCUT2D eigenvalue weighted by molar-refractivity contribution is 5.76. The van der Waals surface area contributed by atoms with Crippen LogP contribution in [0.1, 0.15) is 52.4 Å². The van der Waals surface area contributed by atoms with Crippen molar-refractivity contribution in [1.29, 1.82) is 0 Å². The van der Waals surface area contributed by atoms with E-state index in [0.717, 1.165) is 19.4 Å². The summed E-state index contributed by atoms with van der Waals surface area (Å²) in [5.74, 6) is 1.86. The molecule has 0 aromatic rings. The van der Waals surface area contributed by atoms with Crippen LogP contribution in [0.3, 0.4) is 0 Å². The van der Waals surface area contributed by atoms with Gasteiger partial charge < -0.3 is 15.8 Å². The number of hydrogen-bond donors (Lipinski definition) is 2. The molecule has 2 aliphatic carbocycles. The maximum Gasteiger partial charge on any atom is 0.222 e. The van der Waals surface area contributed by atoms with E-state index in [2.05, 4.69) is 19.2 Å². The first-order chi connectivity index (χ1) is 9.56. The molecule has 20 heavy (non-hydrogen) atoms. The summed E-state index contributed by atoms with van der Waals surface area (Å²) in [7, 11) is 0. The summed E-state index contributed by atoms with van der Waals surface area (Å²) in [6, 6.07) is 0.703. The van der Waals surface area contributed by atoms with Crippen molar-refractivity contribution in [3.63, 3.8) is 0 Å².